The number of alkyl halides is 3. The minimum Gasteiger partial charge on any atom is -0.405 e. The van der Waals surface area contributed by atoms with E-state index in [-0.39, 0.29) is 29.7 Å². The van der Waals surface area contributed by atoms with Crippen molar-refractivity contribution in [1.29, 1.82) is 0 Å². The van der Waals surface area contributed by atoms with Crippen molar-refractivity contribution < 1.29 is 32.3 Å². The molecule has 1 aromatic heterocycles. The molecule has 2 N–H and O–H groups in total. The van der Waals surface area contributed by atoms with Crippen LogP contribution in [0, 0.1) is 0 Å². The number of benzene rings is 2. The van der Waals surface area contributed by atoms with E-state index < -0.39 is 23.9 Å². The van der Waals surface area contributed by atoms with E-state index in [2.05, 4.69) is 25.5 Å². The lowest BCUT2D eigenvalue weighted by molar-refractivity contribution is -0.274. The molecular formula is C21H18F3N5O4. The zero-order valence-electron chi connectivity index (χ0n) is 17.4. The number of carbonyl (C=O) groups is 3. The van der Waals surface area contributed by atoms with Crippen molar-refractivity contribution in [2.75, 3.05) is 5.32 Å². The number of rotatable bonds is 6. The van der Waals surface area contributed by atoms with Gasteiger partial charge in [0.1, 0.15) is 5.75 Å². The lowest BCUT2D eigenvalue weighted by Gasteiger charge is -2.12. The molecule has 12 heteroatoms. The molecule has 0 atom stereocenters. The van der Waals surface area contributed by atoms with Crippen molar-refractivity contribution in [3.8, 4) is 17.1 Å². The molecule has 0 bridgehead atoms. The van der Waals surface area contributed by atoms with Crippen LogP contribution in [0.4, 0.5) is 18.9 Å². The summed E-state index contributed by atoms with van der Waals surface area (Å²) in [4.78, 5) is 40.3. The van der Waals surface area contributed by atoms with Crippen LogP contribution in [-0.4, -0.2) is 38.8 Å². The lowest BCUT2D eigenvalue weighted by atomic mass is 10.1. The first-order chi connectivity index (χ1) is 15.5. The Morgan fingerprint density at radius 3 is 2.36 bits per heavy atom. The number of amides is 2. The molecule has 0 radical (unpaired) electrons. The van der Waals surface area contributed by atoms with Crippen LogP contribution in [0.3, 0.4) is 0 Å². The van der Waals surface area contributed by atoms with Gasteiger partial charge in [0.25, 0.3) is 5.91 Å². The third-order valence-electron chi connectivity index (χ3n) is 4.19. The van der Waals surface area contributed by atoms with Gasteiger partial charge < -0.3 is 15.4 Å². The van der Waals surface area contributed by atoms with Crippen molar-refractivity contribution in [2.24, 2.45) is 0 Å². The monoisotopic (exact) mass is 461 g/mol. The number of ether oxygens (including phenoxy) is 1. The quantitative estimate of drug-likeness (QED) is 0.582. The van der Waals surface area contributed by atoms with Crippen LogP contribution in [0.5, 0.6) is 5.75 Å². The van der Waals surface area contributed by atoms with Crippen LogP contribution in [0.15, 0.2) is 48.5 Å². The molecule has 0 saturated heterocycles. The Hall–Kier alpha value is -4.22. The van der Waals surface area contributed by atoms with Gasteiger partial charge in [-0.2, -0.15) is 4.68 Å². The summed E-state index contributed by atoms with van der Waals surface area (Å²) in [7, 11) is 0. The van der Waals surface area contributed by atoms with Crippen LogP contribution in [0.25, 0.3) is 11.4 Å². The number of carbonyl (C=O) groups excluding carboxylic acids is 3. The molecule has 0 unspecified atom stereocenters. The van der Waals surface area contributed by atoms with Gasteiger partial charge in [-0.05, 0) is 24.3 Å². The molecule has 0 spiro atoms. The Balaban J connectivity index is 1.86. The van der Waals surface area contributed by atoms with Crippen molar-refractivity contribution in [3.05, 3.63) is 59.9 Å². The third kappa shape index (κ3) is 5.93. The highest BCUT2D eigenvalue weighted by Gasteiger charge is 2.32. The van der Waals surface area contributed by atoms with Crippen molar-refractivity contribution in [2.45, 2.75) is 26.8 Å². The normalized spacial score (nSPS) is 11.1. The highest BCUT2D eigenvalue weighted by atomic mass is 19.4. The molecule has 2 amide bonds. The maximum atomic E-state index is 12.6. The van der Waals surface area contributed by atoms with E-state index in [1.807, 2.05) is 0 Å². The van der Waals surface area contributed by atoms with Crippen LogP contribution in [-0.2, 0) is 11.3 Å². The topological polar surface area (TPSA) is 115 Å². The Morgan fingerprint density at radius 1 is 1.03 bits per heavy atom. The minimum absolute atomic E-state index is 0.0281. The maximum Gasteiger partial charge on any atom is 0.573 e. The fourth-order valence-corrected chi connectivity index (χ4v) is 2.92. The zero-order valence-corrected chi connectivity index (χ0v) is 17.4. The Labute approximate surface area is 185 Å². The summed E-state index contributed by atoms with van der Waals surface area (Å²) in [5, 5.41) is 9.12. The van der Waals surface area contributed by atoms with E-state index in [0.717, 1.165) is 10.7 Å². The average Bonchev–Trinajstić information content (AvgIpc) is 3.16. The fraction of sp³-hybridized carbons (Fsp3) is 0.190. The van der Waals surface area contributed by atoms with E-state index in [4.69, 9.17) is 0 Å². The smallest absolute Gasteiger partial charge is 0.405 e. The summed E-state index contributed by atoms with van der Waals surface area (Å²) in [5.74, 6) is -2.17. The second-order valence-corrected chi connectivity index (χ2v) is 6.74. The van der Waals surface area contributed by atoms with E-state index in [9.17, 15) is 27.6 Å². The first-order valence-corrected chi connectivity index (χ1v) is 9.52. The van der Waals surface area contributed by atoms with Gasteiger partial charge in [-0.1, -0.05) is 24.3 Å². The SMILES string of the molecule is CC(=O)Nc1ccccc1-c1nc(CNC(=O)c2ccccc2OC(F)(F)F)nn1C(C)=O. The van der Waals surface area contributed by atoms with E-state index >= 15 is 0 Å². The highest BCUT2D eigenvalue weighted by molar-refractivity contribution is 5.97. The molecule has 9 nitrogen and oxygen atoms in total. The molecule has 172 valence electrons. The molecule has 0 aliphatic rings. The number of para-hydroxylation sites is 2. The molecule has 33 heavy (non-hydrogen) atoms. The fourth-order valence-electron chi connectivity index (χ4n) is 2.92. The summed E-state index contributed by atoms with van der Waals surface area (Å²) >= 11 is 0. The second-order valence-electron chi connectivity index (χ2n) is 6.74. The van der Waals surface area contributed by atoms with Gasteiger partial charge in [-0.15, -0.1) is 18.3 Å². The summed E-state index contributed by atoms with van der Waals surface area (Å²) in [6, 6.07) is 11.5. The molecule has 0 aliphatic heterocycles. The van der Waals surface area contributed by atoms with Gasteiger partial charge in [0, 0.05) is 19.4 Å². The highest BCUT2D eigenvalue weighted by Crippen LogP contribution is 2.28. The molecule has 3 aromatic rings. The predicted molar refractivity (Wildman–Crippen MR) is 110 cm³/mol. The van der Waals surface area contributed by atoms with Gasteiger partial charge in [-0.3, -0.25) is 14.4 Å². The second kappa shape index (κ2) is 9.51. The van der Waals surface area contributed by atoms with Gasteiger partial charge >= 0.3 is 6.36 Å². The molecule has 0 saturated carbocycles. The molecule has 0 fully saturated rings. The molecule has 0 aliphatic carbocycles. The Kier molecular flexibility index (Phi) is 6.75. The number of aromatic nitrogens is 3. The van der Waals surface area contributed by atoms with Crippen molar-refractivity contribution in [3.63, 3.8) is 0 Å². The van der Waals surface area contributed by atoms with E-state index in [0.29, 0.717) is 11.3 Å². The Bertz CT molecular complexity index is 1210. The zero-order chi connectivity index (χ0) is 24.2. The van der Waals surface area contributed by atoms with Crippen LogP contribution < -0.4 is 15.4 Å². The van der Waals surface area contributed by atoms with Gasteiger partial charge in [0.2, 0.25) is 11.8 Å². The first-order valence-electron chi connectivity index (χ1n) is 9.52. The van der Waals surface area contributed by atoms with Crippen molar-refractivity contribution >= 4 is 23.4 Å². The predicted octanol–water partition coefficient (Wildman–Crippen LogP) is 3.39. The largest absolute Gasteiger partial charge is 0.573 e. The minimum atomic E-state index is -4.96. The summed E-state index contributed by atoms with van der Waals surface area (Å²) in [6.45, 7) is 2.30. The number of nitrogens with one attached hydrogen (secondary N) is 2. The average molecular weight is 461 g/mol. The first kappa shape index (κ1) is 23.4. The number of hydrogen-bond acceptors (Lipinski definition) is 6. The maximum absolute atomic E-state index is 12.6. The summed E-state index contributed by atoms with van der Waals surface area (Å²) in [6.07, 6.45) is -4.96. The number of hydrogen-bond donors (Lipinski definition) is 2. The summed E-state index contributed by atoms with van der Waals surface area (Å²) in [5.41, 5.74) is 0.475. The van der Waals surface area contributed by atoms with Crippen LogP contribution in [0.2, 0.25) is 0 Å². The van der Waals surface area contributed by atoms with Crippen LogP contribution in [0.1, 0.15) is 34.8 Å². The number of anilines is 1. The lowest BCUT2D eigenvalue weighted by Crippen LogP contribution is -2.26. The third-order valence-corrected chi connectivity index (χ3v) is 4.19. The summed E-state index contributed by atoms with van der Waals surface area (Å²) < 4.78 is 42.7. The Morgan fingerprint density at radius 2 is 1.70 bits per heavy atom. The van der Waals surface area contributed by atoms with E-state index in [1.54, 1.807) is 24.3 Å². The van der Waals surface area contributed by atoms with Crippen LogP contribution >= 0.6 is 0 Å². The molecule has 2 aromatic carbocycles. The van der Waals surface area contributed by atoms with E-state index in [1.165, 1.54) is 32.0 Å². The number of halogens is 3. The number of nitrogens with zero attached hydrogens (tertiary/aromatic N) is 3. The molecule has 3 rings (SSSR count). The molecular weight excluding hydrogens is 443 g/mol. The van der Waals surface area contributed by atoms with Gasteiger partial charge in [0.05, 0.1) is 17.8 Å². The standard InChI is InChI=1S/C21H18F3N5O4/c1-12(30)26-16-9-5-3-7-14(16)19-27-18(28-29(19)13(2)31)11-25-20(32)15-8-4-6-10-17(15)33-21(22,23)24/h3-10H,11H2,1-2H3,(H,25,32)(H,26,30). The van der Waals surface area contributed by atoms with Crippen molar-refractivity contribution in [1.82, 2.24) is 20.1 Å². The van der Waals surface area contributed by atoms with Gasteiger partial charge in [-0.25, -0.2) is 4.98 Å². The molecule has 1 heterocycles. The van der Waals surface area contributed by atoms with Gasteiger partial charge in [0.15, 0.2) is 11.6 Å².